The molecule has 0 spiro atoms. The number of pyridine rings is 1. The zero-order chi connectivity index (χ0) is 17.6. The third-order valence-electron chi connectivity index (χ3n) is 4.38. The fourth-order valence-corrected chi connectivity index (χ4v) is 2.95. The van der Waals surface area contributed by atoms with Crippen LogP contribution in [0, 0.1) is 5.92 Å². The summed E-state index contributed by atoms with van der Waals surface area (Å²) in [6.07, 6.45) is 2.73. The standard InChI is InChI=1S/C19H22N2O4/c1-24-18-8-7-13(11-20-18)19(14-9-15(22)10-14)21-17(23)12-25-16-5-3-2-4-6-16/h2-8,11,14-15,19,22H,9-10,12H2,1H3,(H,21,23). The predicted octanol–water partition coefficient (Wildman–Crippen LogP) is 2.10. The topological polar surface area (TPSA) is 80.7 Å². The van der Waals surface area contributed by atoms with Gasteiger partial charge in [0.2, 0.25) is 5.88 Å². The first-order valence-corrected chi connectivity index (χ1v) is 8.31. The number of aliphatic hydroxyl groups is 1. The van der Waals surface area contributed by atoms with Gasteiger partial charge in [0.15, 0.2) is 6.61 Å². The van der Waals surface area contributed by atoms with E-state index in [0.29, 0.717) is 24.5 Å². The third-order valence-corrected chi connectivity index (χ3v) is 4.38. The number of rotatable bonds is 7. The lowest BCUT2D eigenvalue weighted by molar-refractivity contribution is -0.125. The highest BCUT2D eigenvalue weighted by Gasteiger charge is 2.35. The zero-order valence-corrected chi connectivity index (χ0v) is 14.1. The molecule has 1 saturated carbocycles. The zero-order valence-electron chi connectivity index (χ0n) is 14.1. The molecule has 1 atom stereocenters. The van der Waals surface area contributed by atoms with Crippen LogP contribution in [-0.2, 0) is 4.79 Å². The Morgan fingerprint density at radius 3 is 2.64 bits per heavy atom. The van der Waals surface area contributed by atoms with Crippen molar-refractivity contribution in [3.05, 3.63) is 54.2 Å². The minimum Gasteiger partial charge on any atom is -0.484 e. The van der Waals surface area contributed by atoms with Crippen LogP contribution in [-0.4, -0.2) is 35.8 Å². The van der Waals surface area contributed by atoms with Crippen LogP contribution in [0.15, 0.2) is 48.7 Å². The van der Waals surface area contributed by atoms with Crippen LogP contribution in [0.1, 0.15) is 24.4 Å². The molecule has 1 heterocycles. The molecule has 0 radical (unpaired) electrons. The molecule has 1 fully saturated rings. The largest absolute Gasteiger partial charge is 0.484 e. The van der Waals surface area contributed by atoms with Crippen molar-refractivity contribution in [2.45, 2.75) is 25.0 Å². The Morgan fingerprint density at radius 1 is 1.28 bits per heavy atom. The van der Waals surface area contributed by atoms with Gasteiger partial charge in [0.05, 0.1) is 19.3 Å². The molecule has 1 unspecified atom stereocenters. The Balaban J connectivity index is 1.63. The van der Waals surface area contributed by atoms with Gasteiger partial charge < -0.3 is 19.9 Å². The first-order chi connectivity index (χ1) is 12.2. The third kappa shape index (κ3) is 4.48. The first-order valence-electron chi connectivity index (χ1n) is 8.31. The number of benzene rings is 1. The van der Waals surface area contributed by atoms with E-state index in [0.717, 1.165) is 5.56 Å². The predicted molar refractivity (Wildman–Crippen MR) is 92.3 cm³/mol. The summed E-state index contributed by atoms with van der Waals surface area (Å²) >= 11 is 0. The second-order valence-electron chi connectivity index (χ2n) is 6.17. The smallest absolute Gasteiger partial charge is 0.258 e. The van der Waals surface area contributed by atoms with E-state index >= 15 is 0 Å². The van der Waals surface area contributed by atoms with Crippen LogP contribution in [0.4, 0.5) is 0 Å². The van der Waals surface area contributed by atoms with E-state index in [1.165, 1.54) is 0 Å². The van der Waals surface area contributed by atoms with Crippen molar-refractivity contribution in [1.82, 2.24) is 10.3 Å². The molecule has 0 bridgehead atoms. The highest BCUT2D eigenvalue weighted by atomic mass is 16.5. The normalized spacial score (nSPS) is 20.2. The van der Waals surface area contributed by atoms with Gasteiger partial charge in [-0.15, -0.1) is 0 Å². The summed E-state index contributed by atoms with van der Waals surface area (Å²) in [5.74, 6) is 1.16. The van der Waals surface area contributed by atoms with Crippen molar-refractivity contribution in [1.29, 1.82) is 0 Å². The Kier molecular flexibility index (Phi) is 5.50. The van der Waals surface area contributed by atoms with Gasteiger partial charge >= 0.3 is 0 Å². The molecule has 132 valence electrons. The Hall–Kier alpha value is -2.60. The quantitative estimate of drug-likeness (QED) is 0.805. The molecular formula is C19H22N2O4. The number of methoxy groups -OCH3 is 1. The number of aromatic nitrogens is 1. The van der Waals surface area contributed by atoms with Crippen molar-refractivity contribution >= 4 is 5.91 Å². The Labute approximate surface area is 146 Å². The average Bonchev–Trinajstić information content (AvgIpc) is 2.63. The second kappa shape index (κ2) is 7.98. The number of ether oxygens (including phenoxy) is 2. The van der Waals surface area contributed by atoms with E-state index in [-0.39, 0.29) is 30.6 Å². The molecule has 2 aromatic rings. The summed E-state index contributed by atoms with van der Waals surface area (Å²) < 4.78 is 10.6. The van der Waals surface area contributed by atoms with E-state index in [1.54, 1.807) is 31.5 Å². The lowest BCUT2D eigenvalue weighted by Gasteiger charge is -2.38. The molecular weight excluding hydrogens is 320 g/mol. The molecule has 0 aliphatic heterocycles. The Bertz CT molecular complexity index is 684. The number of hydrogen-bond acceptors (Lipinski definition) is 5. The highest BCUT2D eigenvalue weighted by Crippen LogP contribution is 2.38. The van der Waals surface area contributed by atoms with Crippen molar-refractivity contribution in [3.8, 4) is 11.6 Å². The lowest BCUT2D eigenvalue weighted by atomic mass is 9.75. The van der Waals surface area contributed by atoms with Gasteiger partial charge in [-0.05, 0) is 36.5 Å². The van der Waals surface area contributed by atoms with E-state index in [4.69, 9.17) is 9.47 Å². The number of hydrogen-bond donors (Lipinski definition) is 2. The first kappa shape index (κ1) is 17.2. The van der Waals surface area contributed by atoms with E-state index in [2.05, 4.69) is 10.3 Å². The lowest BCUT2D eigenvalue weighted by Crippen LogP contribution is -2.42. The number of para-hydroxylation sites is 1. The SMILES string of the molecule is COc1ccc(C(NC(=O)COc2ccccc2)C2CC(O)C2)cn1. The molecule has 1 aliphatic rings. The van der Waals surface area contributed by atoms with Crippen LogP contribution in [0.3, 0.4) is 0 Å². The highest BCUT2D eigenvalue weighted by molar-refractivity contribution is 5.78. The molecule has 1 aromatic carbocycles. The van der Waals surface area contributed by atoms with Gasteiger partial charge in [-0.25, -0.2) is 4.98 Å². The van der Waals surface area contributed by atoms with Crippen LogP contribution in [0.25, 0.3) is 0 Å². The molecule has 3 rings (SSSR count). The van der Waals surface area contributed by atoms with Gasteiger partial charge in [0, 0.05) is 12.3 Å². The molecule has 2 N–H and O–H groups in total. The van der Waals surface area contributed by atoms with Crippen LogP contribution in [0.2, 0.25) is 0 Å². The number of amides is 1. The number of nitrogens with zero attached hydrogens (tertiary/aromatic N) is 1. The number of carbonyl (C=O) groups excluding carboxylic acids is 1. The maximum absolute atomic E-state index is 12.3. The maximum atomic E-state index is 12.3. The monoisotopic (exact) mass is 342 g/mol. The van der Waals surface area contributed by atoms with E-state index in [9.17, 15) is 9.90 Å². The summed E-state index contributed by atoms with van der Waals surface area (Å²) in [6, 6.07) is 12.7. The summed E-state index contributed by atoms with van der Waals surface area (Å²) in [7, 11) is 1.56. The van der Waals surface area contributed by atoms with Crippen molar-refractivity contribution in [2.24, 2.45) is 5.92 Å². The Morgan fingerprint density at radius 2 is 2.04 bits per heavy atom. The van der Waals surface area contributed by atoms with E-state index < -0.39 is 0 Å². The van der Waals surface area contributed by atoms with Crippen molar-refractivity contribution in [2.75, 3.05) is 13.7 Å². The molecule has 1 amide bonds. The summed E-state index contributed by atoms with van der Waals surface area (Å²) in [5, 5.41) is 12.6. The van der Waals surface area contributed by atoms with Crippen molar-refractivity contribution < 1.29 is 19.4 Å². The van der Waals surface area contributed by atoms with Gasteiger partial charge in [0.1, 0.15) is 5.75 Å². The molecule has 1 aliphatic carbocycles. The molecule has 0 saturated heterocycles. The molecule has 6 nitrogen and oxygen atoms in total. The minimum atomic E-state index is -0.295. The minimum absolute atomic E-state index is 0.0562. The molecule has 6 heteroatoms. The van der Waals surface area contributed by atoms with Crippen LogP contribution < -0.4 is 14.8 Å². The van der Waals surface area contributed by atoms with Gasteiger partial charge in [0.25, 0.3) is 5.91 Å². The summed E-state index contributed by atoms with van der Waals surface area (Å²) in [6.45, 7) is -0.0562. The fourth-order valence-electron chi connectivity index (χ4n) is 2.95. The average molecular weight is 342 g/mol. The van der Waals surface area contributed by atoms with Gasteiger partial charge in [-0.2, -0.15) is 0 Å². The van der Waals surface area contributed by atoms with E-state index in [1.807, 2.05) is 24.3 Å². The summed E-state index contributed by atoms with van der Waals surface area (Å²) in [4.78, 5) is 16.5. The maximum Gasteiger partial charge on any atom is 0.258 e. The number of nitrogens with one attached hydrogen (secondary N) is 1. The molecule has 25 heavy (non-hydrogen) atoms. The number of carbonyl (C=O) groups is 1. The second-order valence-corrected chi connectivity index (χ2v) is 6.17. The fraction of sp³-hybridized carbons (Fsp3) is 0.368. The van der Waals surface area contributed by atoms with Gasteiger partial charge in [-0.1, -0.05) is 24.3 Å². The van der Waals surface area contributed by atoms with Gasteiger partial charge in [-0.3, -0.25) is 4.79 Å². The van der Waals surface area contributed by atoms with Crippen LogP contribution in [0.5, 0.6) is 11.6 Å². The van der Waals surface area contributed by atoms with Crippen molar-refractivity contribution in [3.63, 3.8) is 0 Å². The van der Waals surface area contributed by atoms with Crippen LogP contribution >= 0.6 is 0 Å². The molecule has 1 aromatic heterocycles. The summed E-state index contributed by atoms with van der Waals surface area (Å²) in [5.41, 5.74) is 0.894. The number of aliphatic hydroxyl groups excluding tert-OH is 1.